The number of aliphatic hydroxyl groups excluding tert-OH is 1. The third-order valence-electron chi connectivity index (χ3n) is 3.60. The lowest BCUT2D eigenvalue weighted by molar-refractivity contribution is 0.116. The quantitative estimate of drug-likeness (QED) is 0.847. The number of fused-ring (bicyclic) bond motifs is 1. The Labute approximate surface area is 106 Å². The first-order valence-electron chi connectivity index (χ1n) is 6.50. The van der Waals surface area contributed by atoms with Crippen LogP contribution in [0.25, 0.3) is 5.65 Å². The number of hydrogen-bond donors (Lipinski definition) is 2. The number of hydrogen-bond acceptors (Lipinski definition) is 4. The number of anilines is 1. The molecule has 0 saturated heterocycles. The van der Waals surface area contributed by atoms with Crippen LogP contribution in [0.15, 0.2) is 18.3 Å². The van der Waals surface area contributed by atoms with Crippen molar-refractivity contribution < 1.29 is 5.11 Å². The van der Waals surface area contributed by atoms with Crippen LogP contribution in [0.3, 0.4) is 0 Å². The van der Waals surface area contributed by atoms with Gasteiger partial charge < -0.3 is 10.4 Å². The van der Waals surface area contributed by atoms with Crippen molar-refractivity contribution >= 4 is 11.6 Å². The van der Waals surface area contributed by atoms with Gasteiger partial charge in [-0.3, -0.25) is 0 Å². The molecule has 0 aromatic carbocycles. The molecule has 18 heavy (non-hydrogen) atoms. The fourth-order valence-electron chi connectivity index (χ4n) is 2.55. The fourth-order valence-corrected chi connectivity index (χ4v) is 2.55. The van der Waals surface area contributed by atoms with Crippen LogP contribution in [-0.2, 0) is 0 Å². The zero-order chi connectivity index (χ0) is 12.5. The van der Waals surface area contributed by atoms with Gasteiger partial charge in [0.2, 0.25) is 5.95 Å². The maximum Gasteiger partial charge on any atom is 0.243 e. The Morgan fingerprint density at radius 2 is 2.22 bits per heavy atom. The van der Waals surface area contributed by atoms with Crippen LogP contribution in [0.1, 0.15) is 31.2 Å². The average Bonchev–Trinajstić information content (AvgIpc) is 2.76. The monoisotopic (exact) mass is 246 g/mol. The maximum atomic E-state index is 9.93. The van der Waals surface area contributed by atoms with Crippen LogP contribution >= 0.6 is 0 Å². The molecule has 1 aliphatic rings. The molecule has 2 unspecified atom stereocenters. The van der Waals surface area contributed by atoms with Crippen LogP contribution in [0, 0.1) is 6.92 Å². The Bertz CT molecular complexity index is 551. The normalized spacial score (nSPS) is 24.3. The lowest BCUT2D eigenvalue weighted by Crippen LogP contribution is -2.36. The number of aryl methyl sites for hydroxylation is 1. The number of aromatic nitrogens is 3. The summed E-state index contributed by atoms with van der Waals surface area (Å²) in [7, 11) is 0. The van der Waals surface area contributed by atoms with Crippen LogP contribution in [0.4, 0.5) is 5.95 Å². The molecule has 2 atom stereocenters. The number of nitrogens with zero attached hydrogens (tertiary/aromatic N) is 3. The summed E-state index contributed by atoms with van der Waals surface area (Å²) in [5.74, 6) is 0.607. The van der Waals surface area contributed by atoms with Crippen molar-refractivity contribution in [2.75, 3.05) is 5.32 Å². The van der Waals surface area contributed by atoms with Gasteiger partial charge in [-0.25, -0.2) is 4.52 Å². The topological polar surface area (TPSA) is 62.5 Å². The average molecular weight is 246 g/mol. The molecule has 1 aliphatic carbocycles. The molecule has 2 aromatic heterocycles. The first-order chi connectivity index (χ1) is 8.74. The van der Waals surface area contributed by atoms with Crippen molar-refractivity contribution in [2.45, 2.75) is 44.8 Å². The van der Waals surface area contributed by atoms with Crippen molar-refractivity contribution in [3.05, 3.63) is 23.9 Å². The lowest BCUT2D eigenvalue weighted by atomic mass is 9.93. The van der Waals surface area contributed by atoms with Gasteiger partial charge in [0.15, 0.2) is 5.65 Å². The number of nitrogens with one attached hydrogen (secondary N) is 1. The van der Waals surface area contributed by atoms with Crippen molar-refractivity contribution in [3.63, 3.8) is 0 Å². The van der Waals surface area contributed by atoms with E-state index in [1.54, 1.807) is 4.52 Å². The molecule has 0 amide bonds. The Balaban J connectivity index is 1.84. The van der Waals surface area contributed by atoms with E-state index in [-0.39, 0.29) is 12.1 Å². The van der Waals surface area contributed by atoms with Gasteiger partial charge in [0.25, 0.3) is 0 Å². The van der Waals surface area contributed by atoms with Crippen LogP contribution in [0.5, 0.6) is 0 Å². The molecule has 2 heterocycles. The summed E-state index contributed by atoms with van der Waals surface area (Å²) >= 11 is 0. The van der Waals surface area contributed by atoms with E-state index >= 15 is 0 Å². The molecule has 5 heteroatoms. The van der Waals surface area contributed by atoms with E-state index in [1.807, 2.05) is 25.3 Å². The first-order valence-corrected chi connectivity index (χ1v) is 6.50. The van der Waals surface area contributed by atoms with Gasteiger partial charge in [-0.2, -0.15) is 4.98 Å². The maximum absolute atomic E-state index is 9.93. The van der Waals surface area contributed by atoms with E-state index in [4.69, 9.17) is 0 Å². The van der Waals surface area contributed by atoms with Crippen molar-refractivity contribution in [1.29, 1.82) is 0 Å². The summed E-state index contributed by atoms with van der Waals surface area (Å²) in [6.45, 7) is 2.02. The number of pyridine rings is 1. The van der Waals surface area contributed by atoms with E-state index in [0.29, 0.717) is 5.95 Å². The second-order valence-corrected chi connectivity index (χ2v) is 5.00. The Hall–Kier alpha value is -1.62. The van der Waals surface area contributed by atoms with E-state index in [1.165, 1.54) is 0 Å². The van der Waals surface area contributed by atoms with Crippen LogP contribution in [-0.4, -0.2) is 31.9 Å². The molecule has 1 fully saturated rings. The van der Waals surface area contributed by atoms with Gasteiger partial charge >= 0.3 is 0 Å². The molecule has 0 bridgehead atoms. The summed E-state index contributed by atoms with van der Waals surface area (Å²) in [4.78, 5) is 4.47. The highest BCUT2D eigenvalue weighted by Gasteiger charge is 2.23. The Morgan fingerprint density at radius 3 is 3.00 bits per heavy atom. The minimum atomic E-state index is -0.286. The first kappa shape index (κ1) is 11.5. The summed E-state index contributed by atoms with van der Waals surface area (Å²) in [6, 6.07) is 4.05. The summed E-state index contributed by atoms with van der Waals surface area (Å²) in [5, 5.41) is 17.6. The smallest absolute Gasteiger partial charge is 0.243 e. The standard InChI is InChI=1S/C13H18N4O/c1-9-5-4-8-17-12(9)15-13(16-17)14-10-6-2-3-7-11(10)18/h4-5,8,10-11,18H,2-3,6-7H2,1H3,(H,14,16). The second-order valence-electron chi connectivity index (χ2n) is 5.00. The Kier molecular flexibility index (Phi) is 2.91. The van der Waals surface area contributed by atoms with Gasteiger partial charge in [0.1, 0.15) is 0 Å². The molecule has 5 nitrogen and oxygen atoms in total. The summed E-state index contributed by atoms with van der Waals surface area (Å²) in [6.07, 6.45) is 5.71. The largest absolute Gasteiger partial charge is 0.391 e. The molecule has 96 valence electrons. The molecule has 2 N–H and O–H groups in total. The van der Waals surface area contributed by atoms with Gasteiger partial charge in [0, 0.05) is 6.20 Å². The van der Waals surface area contributed by atoms with Crippen LogP contribution < -0.4 is 5.32 Å². The number of rotatable bonds is 2. The summed E-state index contributed by atoms with van der Waals surface area (Å²) in [5.41, 5.74) is 1.97. The van der Waals surface area contributed by atoms with Gasteiger partial charge in [-0.05, 0) is 31.4 Å². The highest BCUT2D eigenvalue weighted by molar-refractivity contribution is 5.50. The van der Waals surface area contributed by atoms with E-state index in [2.05, 4.69) is 15.4 Å². The minimum Gasteiger partial charge on any atom is -0.391 e. The molecular formula is C13H18N4O. The minimum absolute atomic E-state index is 0.0801. The third-order valence-corrected chi connectivity index (χ3v) is 3.60. The third kappa shape index (κ3) is 2.06. The number of aliphatic hydroxyl groups is 1. The summed E-state index contributed by atoms with van der Waals surface area (Å²) < 4.78 is 1.77. The lowest BCUT2D eigenvalue weighted by Gasteiger charge is -2.27. The van der Waals surface area contributed by atoms with Gasteiger partial charge in [-0.15, -0.1) is 5.10 Å². The zero-order valence-electron chi connectivity index (χ0n) is 10.5. The van der Waals surface area contributed by atoms with E-state index in [9.17, 15) is 5.11 Å². The molecule has 1 saturated carbocycles. The molecule has 0 radical (unpaired) electrons. The van der Waals surface area contributed by atoms with E-state index in [0.717, 1.165) is 36.9 Å². The molecule has 0 aliphatic heterocycles. The zero-order valence-corrected chi connectivity index (χ0v) is 10.5. The fraction of sp³-hybridized carbons (Fsp3) is 0.538. The van der Waals surface area contributed by atoms with E-state index < -0.39 is 0 Å². The molecular weight excluding hydrogens is 228 g/mol. The Morgan fingerprint density at radius 1 is 1.39 bits per heavy atom. The van der Waals surface area contributed by atoms with Gasteiger partial charge in [0.05, 0.1) is 12.1 Å². The van der Waals surface area contributed by atoms with Crippen molar-refractivity contribution in [2.24, 2.45) is 0 Å². The highest BCUT2D eigenvalue weighted by Crippen LogP contribution is 2.21. The second kappa shape index (κ2) is 4.57. The molecule has 2 aromatic rings. The van der Waals surface area contributed by atoms with Crippen molar-refractivity contribution in [1.82, 2.24) is 14.6 Å². The molecule has 0 spiro atoms. The molecule has 3 rings (SSSR count). The van der Waals surface area contributed by atoms with Crippen LogP contribution in [0.2, 0.25) is 0 Å². The SMILES string of the molecule is Cc1cccn2nc(NC3CCCCC3O)nc12. The van der Waals surface area contributed by atoms with Crippen molar-refractivity contribution in [3.8, 4) is 0 Å². The van der Waals surface area contributed by atoms with Gasteiger partial charge in [-0.1, -0.05) is 18.9 Å². The predicted molar refractivity (Wildman–Crippen MR) is 69.6 cm³/mol. The predicted octanol–water partition coefficient (Wildman–Crippen LogP) is 1.75. The highest BCUT2D eigenvalue weighted by atomic mass is 16.3.